The summed E-state index contributed by atoms with van der Waals surface area (Å²) in [6.07, 6.45) is 1.78. The molecule has 2 aromatic carbocycles. The molecule has 9 nitrogen and oxygen atoms in total. The Labute approximate surface area is 185 Å². The van der Waals surface area contributed by atoms with Crippen molar-refractivity contribution in [2.75, 3.05) is 31.1 Å². The Kier molecular flexibility index (Phi) is 5.01. The van der Waals surface area contributed by atoms with Gasteiger partial charge in [-0.2, -0.15) is 5.10 Å². The van der Waals surface area contributed by atoms with Crippen LogP contribution in [0.15, 0.2) is 48.7 Å². The van der Waals surface area contributed by atoms with Crippen LogP contribution < -0.4 is 9.64 Å². The van der Waals surface area contributed by atoms with E-state index >= 15 is 0 Å². The molecule has 0 bridgehead atoms. The zero-order valence-corrected chi connectivity index (χ0v) is 17.7. The molecule has 2 aliphatic rings. The van der Waals surface area contributed by atoms with Gasteiger partial charge in [0.15, 0.2) is 0 Å². The Balaban J connectivity index is 1.26. The monoisotopic (exact) mass is 433 g/mol. The summed E-state index contributed by atoms with van der Waals surface area (Å²) < 4.78 is 7.60. The van der Waals surface area contributed by atoms with Crippen molar-refractivity contribution >= 4 is 17.3 Å². The van der Waals surface area contributed by atoms with Gasteiger partial charge in [-0.25, -0.2) is 0 Å². The molecule has 0 spiro atoms. The van der Waals surface area contributed by atoms with E-state index in [1.165, 1.54) is 12.1 Å². The minimum atomic E-state index is -0.403. The molecule has 1 amide bonds. The van der Waals surface area contributed by atoms with E-state index in [0.29, 0.717) is 32.8 Å². The largest absolute Gasteiger partial charge is 0.488 e. The second kappa shape index (κ2) is 7.99. The molecule has 5 rings (SSSR count). The number of anilines is 1. The standard InChI is InChI=1S/C23H23N5O4/c1-16-2-7-21-20(12-16)23-17(15-32-21)13-24-27(23)14-22(29)26-10-8-25(9-11-26)18-3-5-19(6-4-18)28(30)31/h2-7,12-13H,8-11,14-15H2,1H3. The van der Waals surface area contributed by atoms with E-state index in [-0.39, 0.29) is 18.1 Å². The van der Waals surface area contributed by atoms with E-state index in [2.05, 4.69) is 16.1 Å². The van der Waals surface area contributed by atoms with Crippen LogP contribution >= 0.6 is 0 Å². The summed E-state index contributed by atoms with van der Waals surface area (Å²) in [5.74, 6) is 0.842. The molecule has 2 aliphatic heterocycles. The van der Waals surface area contributed by atoms with Crippen molar-refractivity contribution in [2.24, 2.45) is 0 Å². The van der Waals surface area contributed by atoms with E-state index in [1.807, 2.05) is 24.0 Å². The summed E-state index contributed by atoms with van der Waals surface area (Å²) in [6, 6.07) is 12.6. The van der Waals surface area contributed by atoms with Gasteiger partial charge < -0.3 is 14.5 Å². The zero-order valence-electron chi connectivity index (χ0n) is 17.7. The molecule has 1 fully saturated rings. The van der Waals surface area contributed by atoms with Crippen molar-refractivity contribution < 1.29 is 14.5 Å². The number of rotatable bonds is 4. The first-order valence-electron chi connectivity index (χ1n) is 10.6. The minimum Gasteiger partial charge on any atom is -0.488 e. The fourth-order valence-electron chi connectivity index (χ4n) is 4.30. The van der Waals surface area contributed by atoms with E-state index in [0.717, 1.165) is 33.8 Å². The SMILES string of the molecule is Cc1ccc2c(c1)-c1c(cnn1CC(=O)N1CCN(c3ccc([N+](=O)[O-])cc3)CC1)CO2. The van der Waals surface area contributed by atoms with Crippen molar-refractivity contribution in [3.05, 3.63) is 69.9 Å². The summed E-state index contributed by atoms with van der Waals surface area (Å²) in [6.45, 7) is 5.21. The fourth-order valence-corrected chi connectivity index (χ4v) is 4.30. The number of nitro groups is 1. The second-order valence-corrected chi connectivity index (χ2v) is 8.11. The summed E-state index contributed by atoms with van der Waals surface area (Å²) in [7, 11) is 0. The van der Waals surface area contributed by atoms with Gasteiger partial charge in [0.1, 0.15) is 18.9 Å². The summed E-state index contributed by atoms with van der Waals surface area (Å²) in [4.78, 5) is 27.5. The van der Waals surface area contributed by atoms with Crippen LogP contribution in [-0.2, 0) is 17.9 Å². The third-order valence-corrected chi connectivity index (χ3v) is 6.03. The predicted octanol–water partition coefficient (Wildman–Crippen LogP) is 3.01. The maximum Gasteiger partial charge on any atom is 0.269 e. The summed E-state index contributed by atoms with van der Waals surface area (Å²) in [5.41, 5.74) is 5.04. The van der Waals surface area contributed by atoms with Crippen LogP contribution in [0.3, 0.4) is 0 Å². The van der Waals surface area contributed by atoms with Gasteiger partial charge in [0, 0.05) is 55.1 Å². The van der Waals surface area contributed by atoms with E-state index in [1.54, 1.807) is 23.0 Å². The first-order chi connectivity index (χ1) is 15.5. The molecule has 0 atom stereocenters. The van der Waals surface area contributed by atoms with Crippen molar-refractivity contribution in [3.8, 4) is 17.0 Å². The van der Waals surface area contributed by atoms with Gasteiger partial charge >= 0.3 is 0 Å². The van der Waals surface area contributed by atoms with Gasteiger partial charge in [0.2, 0.25) is 5.91 Å². The molecule has 0 unspecified atom stereocenters. The molecule has 3 aromatic rings. The highest BCUT2D eigenvalue weighted by Crippen LogP contribution is 2.38. The molecular formula is C23H23N5O4. The first kappa shape index (κ1) is 20.0. The highest BCUT2D eigenvalue weighted by molar-refractivity contribution is 5.79. The summed E-state index contributed by atoms with van der Waals surface area (Å²) >= 11 is 0. The Bertz CT molecular complexity index is 1180. The highest BCUT2D eigenvalue weighted by Gasteiger charge is 2.26. The number of piperazine rings is 1. The van der Waals surface area contributed by atoms with Crippen LogP contribution in [0.5, 0.6) is 5.75 Å². The highest BCUT2D eigenvalue weighted by atomic mass is 16.6. The first-order valence-corrected chi connectivity index (χ1v) is 10.6. The van der Waals surface area contributed by atoms with Crippen LogP contribution in [0.2, 0.25) is 0 Å². The molecule has 0 saturated carbocycles. The fraction of sp³-hybridized carbons (Fsp3) is 0.304. The average Bonchev–Trinajstić information content (AvgIpc) is 3.22. The van der Waals surface area contributed by atoms with Gasteiger partial charge in [-0.05, 0) is 31.2 Å². The van der Waals surface area contributed by atoms with Crippen LogP contribution in [0.4, 0.5) is 11.4 Å². The second-order valence-electron chi connectivity index (χ2n) is 8.11. The molecule has 164 valence electrons. The Morgan fingerprint density at radius 2 is 1.88 bits per heavy atom. The van der Waals surface area contributed by atoms with Crippen molar-refractivity contribution in [3.63, 3.8) is 0 Å². The van der Waals surface area contributed by atoms with Crippen LogP contribution in [0.1, 0.15) is 11.1 Å². The van der Waals surface area contributed by atoms with Gasteiger partial charge in [0.25, 0.3) is 5.69 Å². The zero-order chi connectivity index (χ0) is 22.2. The third kappa shape index (κ3) is 3.66. The van der Waals surface area contributed by atoms with Crippen molar-refractivity contribution in [1.82, 2.24) is 14.7 Å². The lowest BCUT2D eigenvalue weighted by atomic mass is 10.0. The maximum absolute atomic E-state index is 13.0. The van der Waals surface area contributed by atoms with Crippen LogP contribution in [0.25, 0.3) is 11.3 Å². The topological polar surface area (TPSA) is 93.7 Å². The molecule has 0 aliphatic carbocycles. The number of non-ortho nitro benzene ring substituents is 1. The maximum atomic E-state index is 13.0. The smallest absolute Gasteiger partial charge is 0.269 e. The van der Waals surface area contributed by atoms with E-state index in [4.69, 9.17) is 4.74 Å². The van der Waals surface area contributed by atoms with Crippen molar-refractivity contribution in [2.45, 2.75) is 20.1 Å². The number of carbonyl (C=O) groups is 1. The molecule has 9 heteroatoms. The van der Waals surface area contributed by atoms with Crippen LogP contribution in [0, 0.1) is 17.0 Å². The van der Waals surface area contributed by atoms with E-state index in [9.17, 15) is 14.9 Å². The lowest BCUT2D eigenvalue weighted by Gasteiger charge is -2.36. The van der Waals surface area contributed by atoms with Crippen LogP contribution in [-0.4, -0.2) is 51.7 Å². The van der Waals surface area contributed by atoms with E-state index < -0.39 is 4.92 Å². The lowest BCUT2D eigenvalue weighted by molar-refractivity contribution is -0.384. The molecule has 0 N–H and O–H groups in total. The number of nitrogens with zero attached hydrogens (tertiary/aromatic N) is 5. The van der Waals surface area contributed by atoms with Gasteiger partial charge in [-0.15, -0.1) is 0 Å². The average molecular weight is 433 g/mol. The Hall–Kier alpha value is -3.88. The van der Waals surface area contributed by atoms with Gasteiger partial charge in [-0.1, -0.05) is 11.6 Å². The predicted molar refractivity (Wildman–Crippen MR) is 119 cm³/mol. The number of amides is 1. The Morgan fingerprint density at radius 1 is 1.12 bits per heavy atom. The minimum absolute atomic E-state index is 0.0277. The van der Waals surface area contributed by atoms with Crippen molar-refractivity contribution in [1.29, 1.82) is 0 Å². The number of carbonyl (C=O) groups excluding carboxylic acids is 1. The number of hydrogen-bond acceptors (Lipinski definition) is 6. The molecule has 1 aromatic heterocycles. The number of aromatic nitrogens is 2. The summed E-state index contributed by atoms with van der Waals surface area (Å²) in [5, 5.41) is 15.3. The molecule has 1 saturated heterocycles. The molecule has 0 radical (unpaired) electrons. The molecule has 32 heavy (non-hydrogen) atoms. The number of aryl methyl sites for hydroxylation is 1. The number of ether oxygens (including phenoxy) is 1. The number of hydrogen-bond donors (Lipinski definition) is 0. The molecule has 3 heterocycles. The number of nitro benzene ring substituents is 1. The number of fused-ring (bicyclic) bond motifs is 3. The van der Waals surface area contributed by atoms with Gasteiger partial charge in [0.05, 0.1) is 16.8 Å². The quantitative estimate of drug-likeness (QED) is 0.464. The molecular weight excluding hydrogens is 410 g/mol. The number of benzene rings is 2. The lowest BCUT2D eigenvalue weighted by Crippen LogP contribution is -2.49. The van der Waals surface area contributed by atoms with Gasteiger partial charge in [-0.3, -0.25) is 19.6 Å². The Morgan fingerprint density at radius 3 is 2.59 bits per heavy atom. The normalized spacial score (nSPS) is 15.0. The third-order valence-electron chi connectivity index (χ3n) is 6.03.